The molecule has 148 valence electrons. The second-order valence-electron chi connectivity index (χ2n) is 8.19. The summed E-state index contributed by atoms with van der Waals surface area (Å²) >= 11 is 0. The first-order valence-electron chi connectivity index (χ1n) is 9.56. The van der Waals surface area contributed by atoms with Crippen molar-refractivity contribution in [3.8, 4) is 11.5 Å². The van der Waals surface area contributed by atoms with E-state index in [2.05, 4.69) is 31.2 Å². The fraction of sp³-hybridized carbons (Fsp3) is 0.273. The lowest BCUT2D eigenvalue weighted by Gasteiger charge is -2.37. The van der Waals surface area contributed by atoms with Gasteiger partial charge < -0.3 is 14.8 Å². The fourth-order valence-electron chi connectivity index (χ4n) is 3.63. The van der Waals surface area contributed by atoms with Gasteiger partial charge in [-0.1, -0.05) is 12.1 Å². The van der Waals surface area contributed by atoms with Crippen LogP contribution in [0.4, 0.5) is 11.4 Å². The number of ether oxygens (including phenoxy) is 2. The van der Waals surface area contributed by atoms with Crippen LogP contribution < -0.4 is 19.7 Å². The van der Waals surface area contributed by atoms with Gasteiger partial charge in [-0.2, -0.15) is 5.10 Å². The van der Waals surface area contributed by atoms with Crippen molar-refractivity contribution in [3.05, 3.63) is 66.0 Å². The van der Waals surface area contributed by atoms with E-state index in [1.54, 1.807) is 4.90 Å². The summed E-state index contributed by atoms with van der Waals surface area (Å²) in [6.45, 7) is 6.46. The van der Waals surface area contributed by atoms with Crippen LogP contribution in [0.1, 0.15) is 42.9 Å². The number of aromatic nitrogens is 2. The lowest BCUT2D eigenvalue weighted by molar-refractivity contribution is 0.0975. The molecule has 3 heterocycles. The Morgan fingerprint density at radius 3 is 2.69 bits per heavy atom. The second-order valence-corrected chi connectivity index (χ2v) is 8.19. The Hall–Kier alpha value is -3.48. The molecule has 29 heavy (non-hydrogen) atoms. The molecule has 5 rings (SSSR count). The Labute approximate surface area is 168 Å². The Bertz CT molecular complexity index is 1100. The highest BCUT2D eigenvalue weighted by molar-refractivity contribution is 6.12. The predicted octanol–water partition coefficient (Wildman–Crippen LogP) is 4.14. The van der Waals surface area contributed by atoms with Gasteiger partial charge in [-0.3, -0.25) is 14.4 Å². The minimum absolute atomic E-state index is 0.0771. The number of nitrogens with zero attached hydrogens (tertiary/aromatic N) is 3. The largest absolute Gasteiger partial charge is 0.454 e. The molecular weight excluding hydrogens is 368 g/mol. The molecule has 1 unspecified atom stereocenters. The standard InChI is InChI=1S/C22H22N4O3/c1-22(2,3)25-12-14(11-23-25)20-24-17-7-5-4-6-16(17)21(27)26(20)15-8-9-18-19(10-15)29-13-28-18/h4-12,20,24H,13H2,1-3H3. The van der Waals surface area contributed by atoms with Crippen LogP contribution in [0.2, 0.25) is 0 Å². The summed E-state index contributed by atoms with van der Waals surface area (Å²) in [7, 11) is 0. The molecule has 1 atom stereocenters. The van der Waals surface area contributed by atoms with Crippen molar-refractivity contribution in [3.63, 3.8) is 0 Å². The molecule has 7 heteroatoms. The maximum atomic E-state index is 13.5. The van der Waals surface area contributed by atoms with Crippen molar-refractivity contribution in [1.82, 2.24) is 9.78 Å². The van der Waals surface area contributed by atoms with E-state index in [1.807, 2.05) is 59.5 Å². The molecule has 0 saturated carbocycles. The Morgan fingerprint density at radius 2 is 1.90 bits per heavy atom. The SMILES string of the molecule is CC(C)(C)n1cc(C2Nc3ccccc3C(=O)N2c2ccc3c(c2)OCO3)cn1. The van der Waals surface area contributed by atoms with Gasteiger partial charge in [0.1, 0.15) is 6.17 Å². The van der Waals surface area contributed by atoms with Crippen LogP contribution in [0.3, 0.4) is 0 Å². The zero-order valence-electron chi connectivity index (χ0n) is 16.5. The van der Waals surface area contributed by atoms with Crippen molar-refractivity contribution in [2.75, 3.05) is 17.0 Å². The quantitative estimate of drug-likeness (QED) is 0.712. The molecule has 0 bridgehead atoms. The number of anilines is 2. The molecule has 2 aliphatic rings. The lowest BCUT2D eigenvalue weighted by atomic mass is 10.0. The van der Waals surface area contributed by atoms with Crippen molar-refractivity contribution >= 4 is 17.3 Å². The minimum Gasteiger partial charge on any atom is -0.454 e. The van der Waals surface area contributed by atoms with Gasteiger partial charge in [0.2, 0.25) is 6.79 Å². The van der Waals surface area contributed by atoms with E-state index >= 15 is 0 Å². The summed E-state index contributed by atoms with van der Waals surface area (Å²) in [5.41, 5.74) is 2.92. The van der Waals surface area contributed by atoms with Crippen molar-refractivity contribution in [1.29, 1.82) is 0 Å². The van der Waals surface area contributed by atoms with Gasteiger partial charge in [0.05, 0.1) is 23.0 Å². The van der Waals surface area contributed by atoms with Gasteiger partial charge in [0, 0.05) is 23.5 Å². The molecule has 0 fully saturated rings. The van der Waals surface area contributed by atoms with Gasteiger partial charge in [-0.25, -0.2) is 0 Å². The molecule has 2 aliphatic heterocycles. The zero-order chi connectivity index (χ0) is 20.2. The Balaban J connectivity index is 1.62. The topological polar surface area (TPSA) is 68.6 Å². The molecule has 1 aromatic heterocycles. The number of hydrogen-bond donors (Lipinski definition) is 1. The van der Waals surface area contributed by atoms with Crippen molar-refractivity contribution < 1.29 is 14.3 Å². The highest BCUT2D eigenvalue weighted by Crippen LogP contribution is 2.41. The minimum atomic E-state index is -0.395. The van der Waals surface area contributed by atoms with Crippen LogP contribution in [0, 0.1) is 0 Å². The van der Waals surface area contributed by atoms with E-state index in [4.69, 9.17) is 9.47 Å². The fourth-order valence-corrected chi connectivity index (χ4v) is 3.63. The summed E-state index contributed by atoms with van der Waals surface area (Å²) in [5.74, 6) is 1.24. The third kappa shape index (κ3) is 2.90. The van der Waals surface area contributed by atoms with Crippen LogP contribution in [0.25, 0.3) is 0 Å². The van der Waals surface area contributed by atoms with Gasteiger partial charge in [-0.15, -0.1) is 0 Å². The highest BCUT2D eigenvalue weighted by atomic mass is 16.7. The Kier molecular flexibility index (Phi) is 3.81. The van der Waals surface area contributed by atoms with Crippen LogP contribution in [-0.2, 0) is 5.54 Å². The van der Waals surface area contributed by atoms with E-state index < -0.39 is 6.17 Å². The van der Waals surface area contributed by atoms with Gasteiger partial charge in [-0.05, 0) is 45.0 Å². The third-order valence-electron chi connectivity index (χ3n) is 5.17. The number of para-hydroxylation sites is 1. The first-order chi connectivity index (χ1) is 13.9. The van der Waals surface area contributed by atoms with Crippen LogP contribution in [0.15, 0.2) is 54.9 Å². The average molecular weight is 390 g/mol. The van der Waals surface area contributed by atoms with E-state index in [9.17, 15) is 4.79 Å². The molecule has 0 spiro atoms. The number of carbonyl (C=O) groups is 1. The number of hydrogen-bond acceptors (Lipinski definition) is 5. The summed E-state index contributed by atoms with van der Waals surface area (Å²) < 4.78 is 12.9. The van der Waals surface area contributed by atoms with Crippen LogP contribution in [-0.4, -0.2) is 22.5 Å². The molecule has 7 nitrogen and oxygen atoms in total. The molecule has 2 aromatic carbocycles. The molecule has 0 aliphatic carbocycles. The zero-order valence-corrected chi connectivity index (χ0v) is 16.5. The van der Waals surface area contributed by atoms with E-state index in [0.717, 1.165) is 16.9 Å². The van der Waals surface area contributed by atoms with E-state index in [-0.39, 0.29) is 18.2 Å². The Morgan fingerprint density at radius 1 is 1.10 bits per heavy atom. The molecule has 3 aromatic rings. The number of nitrogens with one attached hydrogen (secondary N) is 1. The normalized spacial score (nSPS) is 17.8. The van der Waals surface area contributed by atoms with Gasteiger partial charge in [0.25, 0.3) is 5.91 Å². The lowest BCUT2D eigenvalue weighted by Crippen LogP contribution is -2.43. The first-order valence-corrected chi connectivity index (χ1v) is 9.56. The van der Waals surface area contributed by atoms with Crippen LogP contribution in [0.5, 0.6) is 11.5 Å². The van der Waals surface area contributed by atoms with Crippen molar-refractivity contribution in [2.45, 2.75) is 32.5 Å². The molecule has 1 N–H and O–H groups in total. The summed E-state index contributed by atoms with van der Waals surface area (Å²) in [6.07, 6.45) is 3.40. The van der Waals surface area contributed by atoms with Crippen LogP contribution >= 0.6 is 0 Å². The first kappa shape index (κ1) is 17.6. The number of amides is 1. The predicted molar refractivity (Wildman–Crippen MR) is 109 cm³/mol. The van der Waals surface area contributed by atoms with Gasteiger partial charge in [0.15, 0.2) is 11.5 Å². The summed E-state index contributed by atoms with van der Waals surface area (Å²) in [6, 6.07) is 13.1. The smallest absolute Gasteiger partial charge is 0.262 e. The van der Waals surface area contributed by atoms with Gasteiger partial charge >= 0.3 is 0 Å². The number of benzene rings is 2. The van der Waals surface area contributed by atoms with E-state index in [1.165, 1.54) is 0 Å². The number of rotatable bonds is 2. The average Bonchev–Trinajstić information content (AvgIpc) is 3.36. The third-order valence-corrected chi connectivity index (χ3v) is 5.17. The van der Waals surface area contributed by atoms with E-state index in [0.29, 0.717) is 17.1 Å². The number of carbonyl (C=O) groups excluding carboxylic acids is 1. The summed E-state index contributed by atoms with van der Waals surface area (Å²) in [5, 5.41) is 8.03. The van der Waals surface area contributed by atoms with Crippen molar-refractivity contribution in [2.24, 2.45) is 0 Å². The molecule has 0 radical (unpaired) electrons. The molecule has 1 amide bonds. The number of fused-ring (bicyclic) bond motifs is 2. The highest BCUT2D eigenvalue weighted by Gasteiger charge is 2.35. The maximum absolute atomic E-state index is 13.5. The second kappa shape index (κ2) is 6.27. The monoisotopic (exact) mass is 390 g/mol. The molecule has 0 saturated heterocycles. The molecular formula is C22H22N4O3. The summed E-state index contributed by atoms with van der Waals surface area (Å²) in [4.78, 5) is 15.2. The maximum Gasteiger partial charge on any atom is 0.262 e.